The van der Waals surface area contributed by atoms with Crippen LogP contribution in [0.15, 0.2) is 53.0 Å². The van der Waals surface area contributed by atoms with Crippen molar-refractivity contribution >= 4 is 41.3 Å². The molecule has 0 radical (unpaired) electrons. The van der Waals surface area contributed by atoms with Gasteiger partial charge in [-0.15, -0.1) is 35.3 Å². The minimum Gasteiger partial charge on any atom is -0.497 e. The minimum absolute atomic E-state index is 0. The lowest BCUT2D eigenvalue weighted by molar-refractivity contribution is 0.407. The molecular weight excluding hydrogens is 525 g/mol. The van der Waals surface area contributed by atoms with Crippen LogP contribution in [0.3, 0.4) is 0 Å². The number of nitrogens with zero attached hydrogens (tertiary/aromatic N) is 4. The number of hydrogen-bond acceptors (Lipinski definition) is 6. The number of nitrogens with one attached hydrogen (secondary N) is 1. The van der Waals surface area contributed by atoms with Gasteiger partial charge in [0.2, 0.25) is 5.88 Å². The van der Waals surface area contributed by atoms with Crippen molar-refractivity contribution < 1.29 is 9.47 Å². The number of aryl methyl sites for hydroxylation is 1. The molecule has 0 aliphatic heterocycles. The number of guanidine groups is 1. The monoisotopic (exact) mass is 553 g/mol. The number of methoxy groups -OCH3 is 1. The molecule has 0 amide bonds. The average Bonchev–Trinajstić information content (AvgIpc) is 3.16. The largest absolute Gasteiger partial charge is 0.497 e. The number of aliphatic imine (C=N–C) groups is 1. The molecule has 1 aromatic carbocycles. The van der Waals surface area contributed by atoms with Crippen molar-refractivity contribution in [3.63, 3.8) is 0 Å². The molecule has 0 atom stereocenters. The van der Waals surface area contributed by atoms with E-state index in [-0.39, 0.29) is 24.0 Å². The summed E-state index contributed by atoms with van der Waals surface area (Å²) in [5.41, 5.74) is 2.05. The lowest BCUT2D eigenvalue weighted by Gasteiger charge is -2.21. The Morgan fingerprint density at radius 3 is 2.68 bits per heavy atom. The summed E-state index contributed by atoms with van der Waals surface area (Å²) < 4.78 is 11.0. The van der Waals surface area contributed by atoms with E-state index in [0.717, 1.165) is 34.5 Å². The highest BCUT2D eigenvalue weighted by Crippen LogP contribution is 2.23. The predicted molar refractivity (Wildman–Crippen MR) is 136 cm³/mol. The van der Waals surface area contributed by atoms with Gasteiger partial charge in [0.1, 0.15) is 11.5 Å². The maximum Gasteiger partial charge on any atom is 0.219 e. The van der Waals surface area contributed by atoms with Crippen LogP contribution in [0.1, 0.15) is 23.2 Å². The van der Waals surface area contributed by atoms with Crippen LogP contribution in [0.5, 0.6) is 17.4 Å². The molecule has 0 fully saturated rings. The molecular formula is C22H28IN5O2S. The molecule has 2 heterocycles. The second-order valence-corrected chi connectivity index (χ2v) is 7.73. The fraction of sp³-hybridized carbons (Fsp3) is 0.318. The first-order valence-corrected chi connectivity index (χ1v) is 10.6. The van der Waals surface area contributed by atoms with E-state index in [0.29, 0.717) is 24.7 Å². The normalized spacial score (nSPS) is 10.9. The molecule has 0 saturated carbocycles. The van der Waals surface area contributed by atoms with Crippen molar-refractivity contribution in [3.8, 4) is 17.4 Å². The Morgan fingerprint density at radius 1 is 1.23 bits per heavy atom. The molecule has 0 aliphatic carbocycles. The van der Waals surface area contributed by atoms with Gasteiger partial charge in [-0.3, -0.25) is 0 Å². The van der Waals surface area contributed by atoms with Gasteiger partial charge in [0.15, 0.2) is 5.96 Å². The van der Waals surface area contributed by atoms with E-state index >= 15 is 0 Å². The second kappa shape index (κ2) is 12.5. The summed E-state index contributed by atoms with van der Waals surface area (Å²) in [7, 11) is 3.64. The first kappa shape index (κ1) is 24.9. The van der Waals surface area contributed by atoms with Gasteiger partial charge in [0.25, 0.3) is 0 Å². The zero-order chi connectivity index (χ0) is 21.3. The number of aromatic nitrogens is 2. The van der Waals surface area contributed by atoms with Crippen LogP contribution in [0.4, 0.5) is 0 Å². The summed E-state index contributed by atoms with van der Waals surface area (Å²) >= 11 is 1.66. The second-order valence-electron chi connectivity index (χ2n) is 6.67. The van der Waals surface area contributed by atoms with Crippen LogP contribution >= 0.6 is 35.3 Å². The van der Waals surface area contributed by atoms with Crippen LogP contribution in [-0.2, 0) is 13.1 Å². The van der Waals surface area contributed by atoms with Crippen LogP contribution in [0.25, 0.3) is 0 Å². The maximum atomic E-state index is 5.79. The molecule has 166 valence electrons. The minimum atomic E-state index is 0. The highest BCUT2D eigenvalue weighted by atomic mass is 127. The first-order chi connectivity index (χ1) is 14.6. The molecule has 3 rings (SSSR count). The number of thiazole rings is 1. The van der Waals surface area contributed by atoms with Crippen LogP contribution < -0.4 is 14.8 Å². The molecule has 7 nitrogen and oxygen atoms in total. The Morgan fingerprint density at radius 2 is 2.03 bits per heavy atom. The molecule has 9 heteroatoms. The summed E-state index contributed by atoms with van der Waals surface area (Å²) in [6.45, 7) is 6.10. The standard InChI is InChI=1S/C22H27N5O2S.HI/c1-5-23-22(27(3)14-18-15-30-16(2)26-18)25-13-17-9-10-21(24-12-17)29-20-8-6-7-19(11-20)28-4;/h6-12,15H,5,13-14H2,1-4H3,(H,23,25);1H. The third-order valence-corrected chi connectivity index (χ3v) is 5.06. The maximum absolute atomic E-state index is 5.79. The quantitative estimate of drug-likeness (QED) is 0.244. The fourth-order valence-electron chi connectivity index (χ4n) is 2.78. The molecule has 3 aromatic rings. The summed E-state index contributed by atoms with van der Waals surface area (Å²) in [6.07, 6.45) is 1.78. The van der Waals surface area contributed by atoms with Gasteiger partial charge >= 0.3 is 0 Å². The number of ether oxygens (including phenoxy) is 2. The zero-order valence-electron chi connectivity index (χ0n) is 18.2. The smallest absolute Gasteiger partial charge is 0.219 e. The van der Waals surface area contributed by atoms with Crippen LogP contribution in [-0.4, -0.2) is 41.5 Å². The van der Waals surface area contributed by atoms with E-state index < -0.39 is 0 Å². The van der Waals surface area contributed by atoms with Gasteiger partial charge in [-0.1, -0.05) is 12.1 Å². The Bertz CT molecular complexity index is 978. The third-order valence-electron chi connectivity index (χ3n) is 4.23. The van der Waals surface area contributed by atoms with E-state index in [9.17, 15) is 0 Å². The Kier molecular flexibility index (Phi) is 9.99. The van der Waals surface area contributed by atoms with Crippen molar-refractivity contribution in [3.05, 3.63) is 64.2 Å². The van der Waals surface area contributed by atoms with Crippen molar-refractivity contribution in [2.24, 2.45) is 4.99 Å². The van der Waals surface area contributed by atoms with E-state index in [1.807, 2.05) is 50.4 Å². The topological polar surface area (TPSA) is 71.9 Å². The van der Waals surface area contributed by atoms with Gasteiger partial charge in [0, 0.05) is 37.3 Å². The van der Waals surface area contributed by atoms with E-state index in [1.165, 1.54) is 0 Å². The highest BCUT2D eigenvalue weighted by Gasteiger charge is 2.09. The number of hydrogen-bond donors (Lipinski definition) is 1. The number of halogens is 1. The molecule has 31 heavy (non-hydrogen) atoms. The third kappa shape index (κ3) is 7.66. The molecule has 0 spiro atoms. The number of rotatable bonds is 8. The average molecular weight is 553 g/mol. The molecule has 0 aliphatic rings. The van der Waals surface area contributed by atoms with Gasteiger partial charge in [-0.05, 0) is 31.5 Å². The van der Waals surface area contributed by atoms with Gasteiger partial charge < -0.3 is 19.7 Å². The summed E-state index contributed by atoms with van der Waals surface area (Å²) in [5.74, 6) is 2.78. The van der Waals surface area contributed by atoms with Crippen molar-refractivity contribution in [2.45, 2.75) is 26.9 Å². The lowest BCUT2D eigenvalue weighted by Crippen LogP contribution is -2.38. The van der Waals surface area contributed by atoms with E-state index in [1.54, 1.807) is 24.6 Å². The highest BCUT2D eigenvalue weighted by molar-refractivity contribution is 14.0. The predicted octanol–water partition coefficient (Wildman–Crippen LogP) is 4.86. The summed E-state index contributed by atoms with van der Waals surface area (Å²) in [5, 5.41) is 6.48. The van der Waals surface area contributed by atoms with Crippen molar-refractivity contribution in [1.82, 2.24) is 20.2 Å². The molecule has 0 saturated heterocycles. The molecule has 0 unspecified atom stereocenters. The molecule has 0 bridgehead atoms. The Labute approximate surface area is 204 Å². The molecule has 1 N–H and O–H groups in total. The van der Waals surface area contributed by atoms with Crippen LogP contribution in [0, 0.1) is 6.92 Å². The summed E-state index contributed by atoms with van der Waals surface area (Å²) in [6, 6.07) is 11.3. The fourth-order valence-corrected chi connectivity index (χ4v) is 3.39. The van der Waals surface area contributed by atoms with Gasteiger partial charge in [-0.2, -0.15) is 0 Å². The van der Waals surface area contributed by atoms with Gasteiger partial charge in [0.05, 0.1) is 30.9 Å². The lowest BCUT2D eigenvalue weighted by atomic mass is 10.3. The van der Waals surface area contributed by atoms with E-state index in [2.05, 4.69) is 32.5 Å². The Hall–Kier alpha value is -2.40. The van der Waals surface area contributed by atoms with Crippen LogP contribution in [0.2, 0.25) is 0 Å². The summed E-state index contributed by atoms with van der Waals surface area (Å²) in [4.78, 5) is 15.7. The SMILES string of the molecule is CCNC(=NCc1ccc(Oc2cccc(OC)c2)nc1)N(C)Cc1csc(C)n1.I. The molecule has 2 aromatic heterocycles. The van der Waals surface area contributed by atoms with Crippen molar-refractivity contribution in [2.75, 3.05) is 20.7 Å². The van der Waals surface area contributed by atoms with Gasteiger partial charge in [-0.25, -0.2) is 15.0 Å². The zero-order valence-corrected chi connectivity index (χ0v) is 21.3. The number of benzene rings is 1. The van der Waals surface area contributed by atoms with E-state index in [4.69, 9.17) is 14.5 Å². The Balaban J connectivity index is 0.00000341. The first-order valence-electron chi connectivity index (χ1n) is 9.74. The number of pyridine rings is 1. The van der Waals surface area contributed by atoms with Crippen molar-refractivity contribution in [1.29, 1.82) is 0 Å².